The molecule has 6 nitrogen and oxygen atoms in total. The Morgan fingerprint density at radius 2 is 1.96 bits per heavy atom. The molecule has 2 N–H and O–H groups in total. The standard InChI is InChI=1S/C18H16O4.CH2O2/c1-18(11-5-10-15(13-18)16(19)20)17(21)22-12-6-9-14-7-3-2-4-8-14;2-1-3/h2-5,7-8,10-11H,12-13H2,1H3,(H,19,20);1H,(H,2,3). The molecule has 1 aliphatic rings. The number of hydrogen-bond acceptors (Lipinski definition) is 4. The predicted octanol–water partition coefficient (Wildman–Crippen LogP) is 2.26. The second-order valence-electron chi connectivity index (χ2n) is 5.30. The van der Waals surface area contributed by atoms with Crippen molar-refractivity contribution in [1.82, 2.24) is 0 Å². The van der Waals surface area contributed by atoms with Crippen LogP contribution in [0.15, 0.2) is 54.1 Å². The fourth-order valence-corrected chi connectivity index (χ4v) is 2.10. The van der Waals surface area contributed by atoms with Gasteiger partial charge in [-0.25, -0.2) is 4.79 Å². The number of allylic oxidation sites excluding steroid dienone is 2. The van der Waals surface area contributed by atoms with E-state index in [2.05, 4.69) is 11.8 Å². The average Bonchev–Trinajstić information content (AvgIpc) is 2.60. The zero-order valence-electron chi connectivity index (χ0n) is 13.6. The number of carboxylic acids is 1. The van der Waals surface area contributed by atoms with Crippen LogP contribution in [0.4, 0.5) is 0 Å². The minimum Gasteiger partial charge on any atom is -0.483 e. The zero-order chi connectivity index (χ0) is 18.7. The van der Waals surface area contributed by atoms with Gasteiger partial charge in [0.25, 0.3) is 6.47 Å². The van der Waals surface area contributed by atoms with Crippen molar-refractivity contribution in [3.05, 3.63) is 59.7 Å². The molecular formula is C19H18O6. The number of aliphatic carboxylic acids is 1. The first-order valence-electron chi connectivity index (χ1n) is 7.33. The Morgan fingerprint density at radius 1 is 1.32 bits per heavy atom. The largest absolute Gasteiger partial charge is 0.483 e. The van der Waals surface area contributed by atoms with Crippen molar-refractivity contribution in [2.24, 2.45) is 5.41 Å². The van der Waals surface area contributed by atoms with E-state index in [1.807, 2.05) is 30.3 Å². The van der Waals surface area contributed by atoms with Crippen molar-refractivity contribution in [3.8, 4) is 11.8 Å². The maximum atomic E-state index is 12.1. The number of rotatable bonds is 3. The number of benzene rings is 1. The molecule has 1 atom stereocenters. The van der Waals surface area contributed by atoms with Gasteiger partial charge in [-0.05, 0) is 25.5 Å². The third-order valence-corrected chi connectivity index (χ3v) is 3.34. The summed E-state index contributed by atoms with van der Waals surface area (Å²) in [5.41, 5.74) is 0.0763. The lowest BCUT2D eigenvalue weighted by Gasteiger charge is -2.25. The summed E-state index contributed by atoms with van der Waals surface area (Å²) in [4.78, 5) is 31.5. The van der Waals surface area contributed by atoms with Gasteiger partial charge in [0, 0.05) is 11.1 Å². The minimum absolute atomic E-state index is 0.0245. The summed E-state index contributed by atoms with van der Waals surface area (Å²) in [5.74, 6) is 4.17. The van der Waals surface area contributed by atoms with E-state index in [-0.39, 0.29) is 25.1 Å². The van der Waals surface area contributed by atoms with Gasteiger partial charge in [0.1, 0.15) is 0 Å². The molecule has 0 radical (unpaired) electrons. The van der Waals surface area contributed by atoms with Crippen LogP contribution in [0.2, 0.25) is 0 Å². The van der Waals surface area contributed by atoms with Crippen LogP contribution in [0, 0.1) is 17.3 Å². The highest BCUT2D eigenvalue weighted by Crippen LogP contribution is 2.32. The summed E-state index contributed by atoms with van der Waals surface area (Å²) in [6.45, 7) is 1.38. The number of carbonyl (C=O) groups is 3. The Balaban J connectivity index is 0.000000970. The molecule has 6 heteroatoms. The van der Waals surface area contributed by atoms with Crippen molar-refractivity contribution in [2.75, 3.05) is 6.61 Å². The SMILES string of the molecule is CC1(C(=O)OCC#Cc2ccccc2)C=CC=C(C(=O)O)C1.O=CO. The number of carboxylic acid groups (broad SMARTS) is 2. The van der Waals surface area contributed by atoms with E-state index in [0.29, 0.717) is 0 Å². The Bertz CT molecular complexity index is 736. The van der Waals surface area contributed by atoms with Gasteiger partial charge in [0.2, 0.25) is 0 Å². The molecule has 130 valence electrons. The van der Waals surface area contributed by atoms with E-state index in [4.69, 9.17) is 19.7 Å². The molecule has 1 aromatic carbocycles. The summed E-state index contributed by atoms with van der Waals surface area (Å²) in [6.07, 6.45) is 4.84. The maximum Gasteiger partial charge on any atom is 0.331 e. The van der Waals surface area contributed by atoms with Crippen LogP contribution in [0.25, 0.3) is 0 Å². The topological polar surface area (TPSA) is 101 Å². The fraction of sp³-hybridized carbons (Fsp3) is 0.211. The summed E-state index contributed by atoms with van der Waals surface area (Å²) >= 11 is 0. The first-order chi connectivity index (χ1) is 11.9. The van der Waals surface area contributed by atoms with Crippen LogP contribution in [0.1, 0.15) is 18.9 Å². The van der Waals surface area contributed by atoms with Gasteiger partial charge in [-0.3, -0.25) is 9.59 Å². The Hall–Kier alpha value is -3.33. The molecule has 25 heavy (non-hydrogen) atoms. The molecular weight excluding hydrogens is 324 g/mol. The summed E-state index contributed by atoms with van der Waals surface area (Å²) < 4.78 is 5.15. The number of esters is 1. The Morgan fingerprint density at radius 3 is 2.56 bits per heavy atom. The van der Waals surface area contributed by atoms with Crippen LogP contribution in [-0.2, 0) is 19.1 Å². The highest BCUT2D eigenvalue weighted by Gasteiger charge is 2.36. The molecule has 0 amide bonds. The third kappa shape index (κ3) is 6.36. The van der Waals surface area contributed by atoms with Crippen molar-refractivity contribution < 1.29 is 29.3 Å². The van der Waals surface area contributed by atoms with E-state index in [9.17, 15) is 9.59 Å². The molecule has 0 spiro atoms. The lowest BCUT2D eigenvalue weighted by Crippen LogP contribution is -2.31. The molecule has 1 aromatic rings. The molecule has 0 heterocycles. The van der Waals surface area contributed by atoms with Crippen molar-refractivity contribution >= 4 is 18.4 Å². The van der Waals surface area contributed by atoms with E-state index in [1.54, 1.807) is 19.1 Å². The highest BCUT2D eigenvalue weighted by molar-refractivity contribution is 5.90. The van der Waals surface area contributed by atoms with Gasteiger partial charge in [0.15, 0.2) is 6.61 Å². The summed E-state index contributed by atoms with van der Waals surface area (Å²) in [5, 5.41) is 15.9. The summed E-state index contributed by atoms with van der Waals surface area (Å²) in [7, 11) is 0. The second-order valence-corrected chi connectivity index (χ2v) is 5.30. The quantitative estimate of drug-likeness (QED) is 0.496. The van der Waals surface area contributed by atoms with Gasteiger partial charge >= 0.3 is 11.9 Å². The number of ether oxygens (including phenoxy) is 1. The molecule has 0 fully saturated rings. The zero-order valence-corrected chi connectivity index (χ0v) is 13.6. The summed E-state index contributed by atoms with van der Waals surface area (Å²) in [6, 6.07) is 9.39. The van der Waals surface area contributed by atoms with E-state index in [1.165, 1.54) is 6.08 Å². The number of hydrogen-bond donors (Lipinski definition) is 2. The van der Waals surface area contributed by atoms with Gasteiger partial charge in [0.05, 0.1) is 5.41 Å². The average molecular weight is 342 g/mol. The Kier molecular flexibility index (Phi) is 7.67. The molecule has 0 aliphatic heterocycles. The maximum absolute atomic E-state index is 12.1. The molecule has 1 aliphatic carbocycles. The smallest absolute Gasteiger partial charge is 0.331 e. The Labute approximate surface area is 145 Å². The van der Waals surface area contributed by atoms with E-state index >= 15 is 0 Å². The monoisotopic (exact) mass is 342 g/mol. The van der Waals surface area contributed by atoms with Crippen molar-refractivity contribution in [2.45, 2.75) is 13.3 Å². The van der Waals surface area contributed by atoms with Crippen LogP contribution in [0.3, 0.4) is 0 Å². The minimum atomic E-state index is -1.02. The van der Waals surface area contributed by atoms with Crippen molar-refractivity contribution in [3.63, 3.8) is 0 Å². The lowest BCUT2D eigenvalue weighted by atomic mass is 9.80. The molecule has 0 bridgehead atoms. The molecule has 1 unspecified atom stereocenters. The highest BCUT2D eigenvalue weighted by atomic mass is 16.5. The molecule has 0 saturated carbocycles. The number of carbonyl (C=O) groups excluding carboxylic acids is 1. The van der Waals surface area contributed by atoms with E-state index in [0.717, 1.165) is 5.56 Å². The van der Waals surface area contributed by atoms with Gasteiger partial charge in [-0.2, -0.15) is 0 Å². The second kappa shape index (κ2) is 9.73. The fourth-order valence-electron chi connectivity index (χ4n) is 2.10. The first-order valence-corrected chi connectivity index (χ1v) is 7.33. The van der Waals surface area contributed by atoms with Crippen LogP contribution < -0.4 is 0 Å². The lowest BCUT2D eigenvalue weighted by molar-refractivity contribution is -0.150. The van der Waals surface area contributed by atoms with Crippen molar-refractivity contribution in [1.29, 1.82) is 0 Å². The van der Waals surface area contributed by atoms with Gasteiger partial charge in [-0.15, -0.1) is 0 Å². The van der Waals surface area contributed by atoms with Crippen LogP contribution >= 0.6 is 0 Å². The molecule has 0 saturated heterocycles. The first kappa shape index (κ1) is 19.7. The van der Waals surface area contributed by atoms with Crippen LogP contribution in [0.5, 0.6) is 0 Å². The van der Waals surface area contributed by atoms with Crippen LogP contribution in [-0.4, -0.2) is 35.2 Å². The normalized spacial score (nSPS) is 17.7. The molecule has 0 aromatic heterocycles. The van der Waals surface area contributed by atoms with Gasteiger partial charge in [-0.1, -0.05) is 48.3 Å². The predicted molar refractivity (Wildman–Crippen MR) is 90.6 cm³/mol. The van der Waals surface area contributed by atoms with Gasteiger partial charge < -0.3 is 14.9 Å². The molecule has 2 rings (SSSR count). The van der Waals surface area contributed by atoms with E-state index < -0.39 is 17.4 Å². The third-order valence-electron chi connectivity index (χ3n) is 3.34.